The van der Waals surface area contributed by atoms with Crippen LogP contribution in [-0.4, -0.2) is 41.6 Å². The van der Waals surface area contributed by atoms with Gasteiger partial charge in [-0.2, -0.15) is 4.98 Å². The standard InChI is InChI=1S/C20H19F4N3O3/c1-26-4-5-27-18(26)9-17(25-20(27)28)29-10-11-6-15(23)19(16(24)7-11)30-12-2-3-13(21)14(22)8-12/h2-3,6-7,9,12-14H,4-5,8,10H2,1H3. The zero-order valence-corrected chi connectivity index (χ0v) is 16.0. The number of nitrogens with zero attached hydrogens (tertiary/aromatic N) is 3. The number of rotatable bonds is 5. The molecule has 4 rings (SSSR count). The summed E-state index contributed by atoms with van der Waals surface area (Å²) in [6.07, 6.45) is -2.64. The summed E-state index contributed by atoms with van der Waals surface area (Å²) >= 11 is 0. The third-order valence-corrected chi connectivity index (χ3v) is 5.04. The van der Waals surface area contributed by atoms with Crippen LogP contribution in [0.15, 0.2) is 35.1 Å². The van der Waals surface area contributed by atoms with E-state index in [-0.39, 0.29) is 24.5 Å². The van der Waals surface area contributed by atoms with Gasteiger partial charge in [0, 0.05) is 32.6 Å². The summed E-state index contributed by atoms with van der Waals surface area (Å²) < 4.78 is 67.5. The largest absolute Gasteiger partial charge is 0.480 e. The minimum absolute atomic E-state index is 0.0447. The van der Waals surface area contributed by atoms with Gasteiger partial charge < -0.3 is 14.4 Å². The fourth-order valence-electron chi connectivity index (χ4n) is 3.42. The van der Waals surface area contributed by atoms with Crippen LogP contribution in [0.5, 0.6) is 11.6 Å². The molecule has 0 bridgehead atoms. The van der Waals surface area contributed by atoms with E-state index in [9.17, 15) is 22.4 Å². The molecule has 0 spiro atoms. The summed E-state index contributed by atoms with van der Waals surface area (Å²) in [7, 11) is 1.83. The minimum Gasteiger partial charge on any atom is -0.480 e. The number of benzene rings is 1. The van der Waals surface area contributed by atoms with Crippen molar-refractivity contribution < 1.29 is 27.0 Å². The molecule has 6 nitrogen and oxygen atoms in total. The van der Waals surface area contributed by atoms with Crippen molar-refractivity contribution in [2.75, 3.05) is 18.5 Å². The molecule has 160 valence electrons. The molecule has 3 unspecified atom stereocenters. The summed E-state index contributed by atoms with van der Waals surface area (Å²) in [6.45, 7) is 0.970. The van der Waals surface area contributed by atoms with Crippen molar-refractivity contribution in [3.05, 3.63) is 58.0 Å². The number of anilines is 1. The smallest absolute Gasteiger partial charge is 0.352 e. The Balaban J connectivity index is 1.46. The van der Waals surface area contributed by atoms with Crippen molar-refractivity contribution >= 4 is 5.82 Å². The van der Waals surface area contributed by atoms with Gasteiger partial charge in [0.25, 0.3) is 0 Å². The first kappa shape index (κ1) is 20.2. The number of likely N-dealkylation sites (N-methyl/N-ethyl adjacent to an activating group) is 1. The van der Waals surface area contributed by atoms with Gasteiger partial charge in [0.1, 0.15) is 30.9 Å². The maximum Gasteiger partial charge on any atom is 0.352 e. The second-order valence-electron chi connectivity index (χ2n) is 7.22. The Morgan fingerprint density at radius 3 is 2.57 bits per heavy atom. The number of ether oxygens (including phenoxy) is 2. The fourth-order valence-corrected chi connectivity index (χ4v) is 3.42. The first-order valence-electron chi connectivity index (χ1n) is 9.38. The van der Waals surface area contributed by atoms with Crippen LogP contribution in [0.4, 0.5) is 23.4 Å². The van der Waals surface area contributed by atoms with Gasteiger partial charge in [-0.05, 0) is 29.8 Å². The summed E-state index contributed by atoms with van der Waals surface area (Å²) in [4.78, 5) is 17.7. The van der Waals surface area contributed by atoms with E-state index < -0.39 is 41.5 Å². The lowest BCUT2D eigenvalue weighted by atomic mass is 10.0. The molecule has 0 amide bonds. The zero-order chi connectivity index (χ0) is 21.4. The van der Waals surface area contributed by atoms with Crippen molar-refractivity contribution in [2.45, 2.75) is 38.0 Å². The number of aromatic nitrogens is 2. The van der Waals surface area contributed by atoms with Crippen LogP contribution < -0.4 is 20.1 Å². The average Bonchev–Trinajstić information content (AvgIpc) is 3.07. The lowest BCUT2D eigenvalue weighted by Crippen LogP contribution is -2.29. The Kier molecular flexibility index (Phi) is 5.40. The molecule has 1 aliphatic carbocycles. The average molecular weight is 425 g/mol. The second-order valence-corrected chi connectivity index (χ2v) is 7.22. The van der Waals surface area contributed by atoms with E-state index in [4.69, 9.17) is 9.47 Å². The molecule has 30 heavy (non-hydrogen) atoms. The van der Waals surface area contributed by atoms with E-state index in [0.717, 1.165) is 18.2 Å². The van der Waals surface area contributed by atoms with Crippen LogP contribution in [-0.2, 0) is 13.2 Å². The highest BCUT2D eigenvalue weighted by Gasteiger charge is 2.28. The lowest BCUT2D eigenvalue weighted by molar-refractivity contribution is 0.117. The van der Waals surface area contributed by atoms with E-state index in [0.29, 0.717) is 18.9 Å². The summed E-state index contributed by atoms with van der Waals surface area (Å²) in [6, 6.07) is 3.61. The Morgan fingerprint density at radius 2 is 1.87 bits per heavy atom. The van der Waals surface area contributed by atoms with Crippen molar-refractivity contribution in [1.82, 2.24) is 9.55 Å². The highest BCUT2D eigenvalue weighted by molar-refractivity contribution is 5.44. The summed E-state index contributed by atoms with van der Waals surface area (Å²) in [5.74, 6) is -1.98. The third kappa shape index (κ3) is 3.99. The highest BCUT2D eigenvalue weighted by atomic mass is 19.2. The van der Waals surface area contributed by atoms with Gasteiger partial charge in [0.15, 0.2) is 17.4 Å². The highest BCUT2D eigenvalue weighted by Crippen LogP contribution is 2.29. The first-order chi connectivity index (χ1) is 14.3. The van der Waals surface area contributed by atoms with Gasteiger partial charge in [-0.25, -0.2) is 22.4 Å². The second kappa shape index (κ2) is 8.00. The molecular formula is C20H19F4N3O3. The topological polar surface area (TPSA) is 56.6 Å². The van der Waals surface area contributed by atoms with E-state index >= 15 is 0 Å². The molecule has 1 aliphatic heterocycles. The third-order valence-electron chi connectivity index (χ3n) is 5.04. The van der Waals surface area contributed by atoms with Crippen molar-refractivity contribution in [2.24, 2.45) is 0 Å². The van der Waals surface area contributed by atoms with Crippen LogP contribution >= 0.6 is 0 Å². The van der Waals surface area contributed by atoms with Crippen molar-refractivity contribution in [1.29, 1.82) is 0 Å². The van der Waals surface area contributed by atoms with E-state index in [1.165, 1.54) is 10.6 Å². The molecule has 0 N–H and O–H groups in total. The molecule has 0 radical (unpaired) electrons. The maximum absolute atomic E-state index is 14.4. The Bertz CT molecular complexity index is 1020. The summed E-state index contributed by atoms with van der Waals surface area (Å²) in [5, 5.41) is 0. The van der Waals surface area contributed by atoms with Gasteiger partial charge >= 0.3 is 5.69 Å². The van der Waals surface area contributed by atoms with Crippen LogP contribution in [0.1, 0.15) is 12.0 Å². The lowest BCUT2D eigenvalue weighted by Gasteiger charge is -2.23. The van der Waals surface area contributed by atoms with Crippen molar-refractivity contribution in [3.63, 3.8) is 0 Å². The van der Waals surface area contributed by atoms with Gasteiger partial charge in [0.05, 0.1) is 0 Å². The van der Waals surface area contributed by atoms with E-state index in [2.05, 4.69) is 4.98 Å². The quantitative estimate of drug-likeness (QED) is 0.545. The number of halogens is 4. The molecule has 0 fully saturated rings. The molecular weight excluding hydrogens is 406 g/mol. The van der Waals surface area contributed by atoms with Gasteiger partial charge in [0.2, 0.25) is 5.88 Å². The van der Waals surface area contributed by atoms with Gasteiger partial charge in [-0.1, -0.05) is 0 Å². The molecule has 2 heterocycles. The SMILES string of the molecule is CN1CCn2c1cc(OCc1cc(F)c(OC3C=CC(F)C(F)C3)c(F)c1)nc2=O. The van der Waals surface area contributed by atoms with Crippen LogP contribution in [0.2, 0.25) is 0 Å². The monoisotopic (exact) mass is 425 g/mol. The predicted molar refractivity (Wildman–Crippen MR) is 100 cm³/mol. The van der Waals surface area contributed by atoms with Crippen molar-refractivity contribution in [3.8, 4) is 11.6 Å². The Hall–Kier alpha value is -3.04. The van der Waals surface area contributed by atoms with Gasteiger partial charge in [-0.15, -0.1) is 0 Å². The molecule has 2 aliphatic rings. The number of hydrogen-bond acceptors (Lipinski definition) is 5. The normalized spacial score (nSPS) is 22.8. The molecule has 3 atom stereocenters. The van der Waals surface area contributed by atoms with Gasteiger partial charge in [-0.3, -0.25) is 4.57 Å². The summed E-state index contributed by atoms with van der Waals surface area (Å²) in [5.41, 5.74) is -0.310. The number of fused-ring (bicyclic) bond motifs is 1. The van der Waals surface area contributed by atoms with E-state index in [1.54, 1.807) is 6.07 Å². The number of hydrogen-bond donors (Lipinski definition) is 0. The molecule has 1 aromatic carbocycles. The predicted octanol–water partition coefficient (Wildman–Crippen LogP) is 2.93. The molecule has 2 aromatic rings. The van der Waals surface area contributed by atoms with Crippen LogP contribution in [0.25, 0.3) is 0 Å². The first-order valence-corrected chi connectivity index (χ1v) is 9.38. The van der Waals surface area contributed by atoms with Crippen LogP contribution in [0.3, 0.4) is 0 Å². The minimum atomic E-state index is -1.79. The maximum atomic E-state index is 14.4. The number of alkyl halides is 2. The molecule has 0 saturated heterocycles. The molecule has 10 heteroatoms. The number of allylic oxidation sites excluding steroid dienone is 1. The van der Waals surface area contributed by atoms with Crippen LogP contribution in [0, 0.1) is 11.6 Å². The molecule has 1 aromatic heterocycles. The van der Waals surface area contributed by atoms with E-state index in [1.807, 2.05) is 11.9 Å². The Labute approximate surface area is 169 Å². The molecule has 0 saturated carbocycles. The fraction of sp³-hybridized carbons (Fsp3) is 0.400. The Morgan fingerprint density at radius 1 is 1.13 bits per heavy atom. The zero-order valence-electron chi connectivity index (χ0n) is 16.0.